The summed E-state index contributed by atoms with van der Waals surface area (Å²) in [6.07, 6.45) is 0. The summed E-state index contributed by atoms with van der Waals surface area (Å²) in [6.45, 7) is 4.86. The first-order chi connectivity index (χ1) is 9.72. The number of benzene rings is 1. The second-order valence-electron chi connectivity index (χ2n) is 5.75. The van der Waals surface area contributed by atoms with Gasteiger partial charge >= 0.3 is 12.0 Å². The third-order valence-electron chi connectivity index (χ3n) is 3.52. The maximum Gasteiger partial charge on any atom is 0.335 e. The topological polar surface area (TPSA) is 81.7 Å². The Morgan fingerprint density at radius 2 is 1.90 bits per heavy atom. The van der Waals surface area contributed by atoms with Crippen LogP contribution in [0.1, 0.15) is 29.8 Å². The fraction of sp³-hybridized carbons (Fsp3) is 0.467. The van der Waals surface area contributed by atoms with Gasteiger partial charge in [0.15, 0.2) is 0 Å². The van der Waals surface area contributed by atoms with Crippen LogP contribution in [0.5, 0.6) is 0 Å². The second kappa shape index (κ2) is 7.08. The molecule has 0 fully saturated rings. The second-order valence-corrected chi connectivity index (χ2v) is 5.75. The monoisotopic (exact) mass is 293 g/mol. The van der Waals surface area contributed by atoms with E-state index in [0.29, 0.717) is 6.54 Å². The molecule has 21 heavy (non-hydrogen) atoms. The maximum atomic E-state index is 11.7. The average molecular weight is 293 g/mol. The molecule has 0 atom stereocenters. The van der Waals surface area contributed by atoms with Crippen molar-refractivity contribution in [3.63, 3.8) is 0 Å². The quantitative estimate of drug-likeness (QED) is 0.743. The van der Waals surface area contributed by atoms with Crippen LogP contribution >= 0.6 is 0 Å². The van der Waals surface area contributed by atoms with Crippen LogP contribution in [0.25, 0.3) is 0 Å². The molecule has 0 aliphatic carbocycles. The summed E-state index contributed by atoms with van der Waals surface area (Å²) >= 11 is 0. The van der Waals surface area contributed by atoms with Crippen LogP contribution in [0, 0.1) is 0 Å². The van der Waals surface area contributed by atoms with E-state index in [-0.39, 0.29) is 23.7 Å². The van der Waals surface area contributed by atoms with Crippen LogP contribution in [0.4, 0.5) is 4.79 Å². The number of hydrogen-bond acceptors (Lipinski definition) is 3. The van der Waals surface area contributed by atoms with Gasteiger partial charge in [-0.05, 0) is 45.6 Å². The molecule has 0 spiro atoms. The molecule has 1 rings (SSSR count). The number of aromatic carboxylic acids is 1. The third kappa shape index (κ3) is 5.43. The van der Waals surface area contributed by atoms with E-state index >= 15 is 0 Å². The van der Waals surface area contributed by atoms with Gasteiger partial charge in [0, 0.05) is 18.6 Å². The first kappa shape index (κ1) is 17.0. The summed E-state index contributed by atoms with van der Waals surface area (Å²) in [4.78, 5) is 24.6. The molecule has 0 aliphatic rings. The van der Waals surface area contributed by atoms with E-state index < -0.39 is 5.97 Å². The number of carbonyl (C=O) groups excluding carboxylic acids is 1. The highest BCUT2D eigenvalue weighted by molar-refractivity contribution is 5.87. The van der Waals surface area contributed by atoms with Gasteiger partial charge in [0.2, 0.25) is 0 Å². The molecule has 0 saturated heterocycles. The van der Waals surface area contributed by atoms with Crippen LogP contribution in [0.2, 0.25) is 0 Å². The lowest BCUT2D eigenvalue weighted by Crippen LogP contribution is -2.50. The predicted octanol–water partition coefficient (Wildman–Crippen LogP) is 1.52. The Labute approximate surface area is 125 Å². The number of urea groups is 1. The zero-order chi connectivity index (χ0) is 16.0. The van der Waals surface area contributed by atoms with E-state index in [0.717, 1.165) is 5.56 Å². The largest absolute Gasteiger partial charge is 0.478 e. The summed E-state index contributed by atoms with van der Waals surface area (Å²) in [6, 6.07) is 6.23. The first-order valence-corrected chi connectivity index (χ1v) is 6.74. The molecule has 0 unspecified atom stereocenters. The van der Waals surface area contributed by atoms with Crippen molar-refractivity contribution in [1.29, 1.82) is 0 Å². The average Bonchev–Trinajstić information content (AvgIpc) is 2.43. The standard InChI is InChI=1S/C15H23N3O3/c1-15(2,18(3)4)10-17-14(21)16-9-11-6-5-7-12(8-11)13(19)20/h5-8H,9-10H2,1-4H3,(H,19,20)(H2,16,17,21). The molecule has 1 aromatic rings. The minimum absolute atomic E-state index is 0.138. The van der Waals surface area contributed by atoms with E-state index in [2.05, 4.69) is 10.6 Å². The molecule has 3 N–H and O–H groups in total. The Kier molecular flexibility index (Phi) is 5.72. The molecule has 0 saturated carbocycles. The Morgan fingerprint density at radius 1 is 1.24 bits per heavy atom. The van der Waals surface area contributed by atoms with Gasteiger partial charge in [0.05, 0.1) is 5.56 Å². The molecular weight excluding hydrogens is 270 g/mol. The van der Waals surface area contributed by atoms with Crippen molar-refractivity contribution in [2.24, 2.45) is 0 Å². The van der Waals surface area contributed by atoms with Gasteiger partial charge in [-0.3, -0.25) is 0 Å². The van der Waals surface area contributed by atoms with Crippen LogP contribution in [0.15, 0.2) is 24.3 Å². The van der Waals surface area contributed by atoms with Gasteiger partial charge in [-0.15, -0.1) is 0 Å². The molecular formula is C15H23N3O3. The van der Waals surface area contributed by atoms with Crippen molar-refractivity contribution in [3.05, 3.63) is 35.4 Å². The van der Waals surface area contributed by atoms with Crippen molar-refractivity contribution in [3.8, 4) is 0 Å². The summed E-state index contributed by atoms with van der Waals surface area (Å²) in [7, 11) is 3.91. The zero-order valence-corrected chi connectivity index (χ0v) is 12.9. The lowest BCUT2D eigenvalue weighted by molar-refractivity contribution is 0.0696. The number of carboxylic acids is 1. The number of hydrogen-bond donors (Lipinski definition) is 3. The van der Waals surface area contributed by atoms with E-state index in [9.17, 15) is 9.59 Å². The smallest absolute Gasteiger partial charge is 0.335 e. The molecule has 1 aromatic carbocycles. The molecule has 2 amide bonds. The van der Waals surface area contributed by atoms with Gasteiger partial charge in [-0.25, -0.2) is 9.59 Å². The Hall–Kier alpha value is -2.08. The third-order valence-corrected chi connectivity index (χ3v) is 3.52. The van der Waals surface area contributed by atoms with Crippen molar-refractivity contribution in [2.75, 3.05) is 20.6 Å². The van der Waals surface area contributed by atoms with Crippen molar-refractivity contribution in [2.45, 2.75) is 25.9 Å². The predicted molar refractivity (Wildman–Crippen MR) is 81.4 cm³/mol. The normalized spacial score (nSPS) is 11.3. The highest BCUT2D eigenvalue weighted by Crippen LogP contribution is 2.08. The molecule has 116 valence electrons. The van der Waals surface area contributed by atoms with E-state index in [1.54, 1.807) is 18.2 Å². The Morgan fingerprint density at radius 3 is 2.48 bits per heavy atom. The van der Waals surface area contributed by atoms with Crippen LogP contribution in [0.3, 0.4) is 0 Å². The number of carboxylic acid groups (broad SMARTS) is 1. The summed E-state index contributed by atoms with van der Waals surface area (Å²) in [5, 5.41) is 14.4. The van der Waals surface area contributed by atoms with E-state index in [1.165, 1.54) is 6.07 Å². The van der Waals surface area contributed by atoms with Gasteiger partial charge in [-0.2, -0.15) is 0 Å². The highest BCUT2D eigenvalue weighted by atomic mass is 16.4. The summed E-state index contributed by atoms with van der Waals surface area (Å²) in [5.41, 5.74) is 0.820. The van der Waals surface area contributed by atoms with Crippen LogP contribution in [-0.4, -0.2) is 48.2 Å². The maximum absolute atomic E-state index is 11.7. The number of nitrogens with one attached hydrogen (secondary N) is 2. The lowest BCUT2D eigenvalue weighted by atomic mass is 10.1. The fourth-order valence-corrected chi connectivity index (χ4v) is 1.51. The molecule has 0 bridgehead atoms. The number of rotatable bonds is 6. The number of likely N-dealkylation sites (N-methyl/N-ethyl adjacent to an activating group) is 1. The highest BCUT2D eigenvalue weighted by Gasteiger charge is 2.20. The van der Waals surface area contributed by atoms with Crippen molar-refractivity contribution >= 4 is 12.0 Å². The number of amides is 2. The van der Waals surface area contributed by atoms with Gasteiger partial charge in [-0.1, -0.05) is 12.1 Å². The lowest BCUT2D eigenvalue weighted by Gasteiger charge is -2.32. The van der Waals surface area contributed by atoms with Gasteiger partial charge in [0.25, 0.3) is 0 Å². The summed E-state index contributed by atoms with van der Waals surface area (Å²) in [5.74, 6) is -0.978. The number of carbonyl (C=O) groups is 2. The van der Waals surface area contributed by atoms with E-state index in [4.69, 9.17) is 5.11 Å². The molecule has 0 aliphatic heterocycles. The molecule has 6 heteroatoms. The van der Waals surface area contributed by atoms with Gasteiger partial charge in [0.1, 0.15) is 0 Å². The summed E-state index contributed by atoms with van der Waals surface area (Å²) < 4.78 is 0. The van der Waals surface area contributed by atoms with Gasteiger partial charge < -0.3 is 20.6 Å². The molecule has 6 nitrogen and oxygen atoms in total. The number of nitrogens with zero attached hydrogens (tertiary/aromatic N) is 1. The van der Waals surface area contributed by atoms with Crippen molar-refractivity contribution < 1.29 is 14.7 Å². The molecule has 0 aromatic heterocycles. The SMILES string of the molecule is CN(C)C(C)(C)CNC(=O)NCc1cccc(C(=O)O)c1. The fourth-order valence-electron chi connectivity index (χ4n) is 1.51. The van der Waals surface area contributed by atoms with Crippen LogP contribution in [-0.2, 0) is 6.54 Å². The van der Waals surface area contributed by atoms with E-state index in [1.807, 2.05) is 32.8 Å². The first-order valence-electron chi connectivity index (χ1n) is 6.74. The van der Waals surface area contributed by atoms with Crippen molar-refractivity contribution in [1.82, 2.24) is 15.5 Å². The Balaban J connectivity index is 2.47. The van der Waals surface area contributed by atoms with Crippen LogP contribution < -0.4 is 10.6 Å². The molecule has 0 heterocycles. The minimum atomic E-state index is -0.978. The molecule has 0 radical (unpaired) electrons. The zero-order valence-electron chi connectivity index (χ0n) is 12.9. The Bertz CT molecular complexity index is 513. The minimum Gasteiger partial charge on any atom is -0.478 e.